The fourth-order valence-corrected chi connectivity index (χ4v) is 3.37. The van der Waals surface area contributed by atoms with Crippen molar-refractivity contribution in [3.8, 4) is 0 Å². The van der Waals surface area contributed by atoms with Gasteiger partial charge in [0.25, 0.3) is 0 Å². The van der Waals surface area contributed by atoms with Crippen molar-refractivity contribution in [3.63, 3.8) is 0 Å². The highest BCUT2D eigenvalue weighted by Crippen LogP contribution is 2.46. The number of hydrogen-bond acceptors (Lipinski definition) is 5. The molecule has 1 aromatic carbocycles. The number of carbonyl (C=O) groups is 2. The maximum atomic E-state index is 12.4. The van der Waals surface area contributed by atoms with Gasteiger partial charge in [0.05, 0.1) is 6.20 Å². The monoisotopic (exact) mass is 353 g/mol. The highest BCUT2D eigenvalue weighted by atomic mass is 16.5. The Hall–Kier alpha value is -2.89. The van der Waals surface area contributed by atoms with Gasteiger partial charge in [-0.2, -0.15) is 5.10 Å². The lowest BCUT2D eigenvalue weighted by Crippen LogP contribution is -2.25. The van der Waals surface area contributed by atoms with Gasteiger partial charge in [0, 0.05) is 42.7 Å². The summed E-state index contributed by atoms with van der Waals surface area (Å²) in [6, 6.07) is 8.08. The van der Waals surface area contributed by atoms with Crippen molar-refractivity contribution in [2.45, 2.75) is 26.2 Å². The summed E-state index contributed by atoms with van der Waals surface area (Å²) in [4.78, 5) is 26.6. The van der Waals surface area contributed by atoms with Crippen LogP contribution in [0.15, 0.2) is 42.2 Å². The third kappa shape index (κ3) is 2.92. The number of anilines is 1. The first-order chi connectivity index (χ1) is 12.2. The molecule has 0 amide bonds. The lowest BCUT2D eigenvalue weighted by Gasteiger charge is -2.23. The Morgan fingerprint density at radius 2 is 1.92 bits per heavy atom. The molecule has 0 saturated heterocycles. The molecular weight excluding hydrogens is 330 g/mol. The SMILES string of the molecule is Cc1c(C(=O)OCC(=O)/C=C2\N(C)c3ccccc3C2(C)C)cnn1C. The molecule has 0 saturated carbocycles. The number of fused-ring (bicyclic) bond motifs is 1. The van der Waals surface area contributed by atoms with Crippen LogP contribution in [-0.4, -0.2) is 35.2 Å². The third-order valence-electron chi connectivity index (χ3n) is 5.04. The second-order valence-corrected chi connectivity index (χ2v) is 7.04. The van der Waals surface area contributed by atoms with Crippen LogP contribution in [0, 0.1) is 6.92 Å². The molecular formula is C20H23N3O3. The smallest absolute Gasteiger partial charge is 0.342 e. The van der Waals surface area contributed by atoms with Crippen molar-refractivity contribution in [1.82, 2.24) is 9.78 Å². The zero-order valence-electron chi connectivity index (χ0n) is 15.7. The van der Waals surface area contributed by atoms with Crippen LogP contribution in [0.3, 0.4) is 0 Å². The number of aryl methyl sites for hydroxylation is 1. The number of aromatic nitrogens is 2. The van der Waals surface area contributed by atoms with Crippen molar-refractivity contribution < 1.29 is 14.3 Å². The number of rotatable bonds is 4. The molecule has 6 nitrogen and oxygen atoms in total. The molecule has 0 fully saturated rings. The van der Waals surface area contributed by atoms with E-state index in [1.54, 1.807) is 24.7 Å². The van der Waals surface area contributed by atoms with Crippen molar-refractivity contribution in [3.05, 3.63) is 59.1 Å². The van der Waals surface area contributed by atoms with E-state index in [1.807, 2.05) is 30.1 Å². The van der Waals surface area contributed by atoms with Gasteiger partial charge in [0.1, 0.15) is 5.56 Å². The van der Waals surface area contributed by atoms with Gasteiger partial charge in [0.15, 0.2) is 12.4 Å². The summed E-state index contributed by atoms with van der Waals surface area (Å²) in [7, 11) is 3.69. The van der Waals surface area contributed by atoms with E-state index in [4.69, 9.17) is 4.74 Å². The van der Waals surface area contributed by atoms with E-state index in [0.29, 0.717) is 11.3 Å². The number of benzene rings is 1. The zero-order valence-corrected chi connectivity index (χ0v) is 15.7. The predicted molar refractivity (Wildman–Crippen MR) is 99.2 cm³/mol. The van der Waals surface area contributed by atoms with Crippen molar-refractivity contribution >= 4 is 17.4 Å². The van der Waals surface area contributed by atoms with Crippen molar-refractivity contribution in [2.75, 3.05) is 18.6 Å². The molecule has 0 bridgehead atoms. The standard InChI is InChI=1S/C20H23N3O3/c1-13-15(11-21-23(13)5)19(25)26-12-14(24)10-18-20(2,3)16-8-6-7-9-17(16)22(18)4/h6-11H,12H2,1-5H3/b18-10-. The van der Waals surface area contributed by atoms with Gasteiger partial charge in [-0.15, -0.1) is 0 Å². The van der Waals surface area contributed by atoms with Gasteiger partial charge in [0.2, 0.25) is 0 Å². The highest BCUT2D eigenvalue weighted by molar-refractivity contribution is 5.96. The van der Waals surface area contributed by atoms with E-state index < -0.39 is 5.97 Å². The maximum Gasteiger partial charge on any atom is 0.342 e. The first-order valence-corrected chi connectivity index (χ1v) is 8.47. The summed E-state index contributed by atoms with van der Waals surface area (Å²) >= 11 is 0. The summed E-state index contributed by atoms with van der Waals surface area (Å²) in [6.07, 6.45) is 3.02. The zero-order chi connectivity index (χ0) is 19.1. The molecule has 0 aliphatic carbocycles. The Morgan fingerprint density at radius 3 is 2.54 bits per heavy atom. The molecule has 2 aromatic rings. The second-order valence-electron chi connectivity index (χ2n) is 7.04. The van der Waals surface area contributed by atoms with Crippen LogP contribution in [0.2, 0.25) is 0 Å². The molecule has 0 spiro atoms. The normalized spacial score (nSPS) is 16.7. The molecule has 0 radical (unpaired) electrons. The maximum absolute atomic E-state index is 12.4. The number of hydrogen-bond donors (Lipinski definition) is 0. The topological polar surface area (TPSA) is 64.4 Å². The predicted octanol–water partition coefficient (Wildman–Crippen LogP) is 2.77. The Labute approximate surface area is 153 Å². The summed E-state index contributed by atoms with van der Waals surface area (Å²) in [6.45, 7) is 5.65. The number of carbonyl (C=O) groups excluding carboxylic acids is 2. The molecule has 136 valence electrons. The molecule has 0 atom stereocenters. The van der Waals surface area contributed by atoms with Crippen LogP contribution in [0.1, 0.15) is 35.5 Å². The third-order valence-corrected chi connectivity index (χ3v) is 5.04. The number of ketones is 1. The molecule has 1 aliphatic heterocycles. The molecule has 3 rings (SSSR count). The number of para-hydroxylation sites is 1. The summed E-state index contributed by atoms with van der Waals surface area (Å²) in [5, 5.41) is 4.01. The average Bonchev–Trinajstić information content (AvgIpc) is 3.04. The molecule has 1 aromatic heterocycles. The van der Waals surface area contributed by atoms with Crippen LogP contribution >= 0.6 is 0 Å². The molecule has 6 heteroatoms. The van der Waals surface area contributed by atoms with E-state index in [9.17, 15) is 9.59 Å². The van der Waals surface area contributed by atoms with E-state index in [0.717, 1.165) is 11.4 Å². The first-order valence-electron chi connectivity index (χ1n) is 8.47. The minimum atomic E-state index is -0.537. The molecule has 0 N–H and O–H groups in total. The summed E-state index contributed by atoms with van der Waals surface area (Å²) < 4.78 is 6.76. The quantitative estimate of drug-likeness (QED) is 0.625. The van der Waals surface area contributed by atoms with Crippen LogP contribution in [0.25, 0.3) is 0 Å². The summed E-state index contributed by atoms with van der Waals surface area (Å²) in [5.41, 5.74) is 3.93. The lowest BCUT2D eigenvalue weighted by molar-refractivity contribution is -0.117. The number of allylic oxidation sites excluding steroid dienone is 1. The fraction of sp³-hybridized carbons (Fsp3) is 0.350. The molecule has 1 aliphatic rings. The Morgan fingerprint density at radius 1 is 1.23 bits per heavy atom. The van der Waals surface area contributed by atoms with E-state index in [2.05, 4.69) is 25.0 Å². The van der Waals surface area contributed by atoms with Gasteiger partial charge in [-0.1, -0.05) is 32.0 Å². The largest absolute Gasteiger partial charge is 0.454 e. The van der Waals surface area contributed by atoms with Crippen LogP contribution in [0.5, 0.6) is 0 Å². The highest BCUT2D eigenvalue weighted by Gasteiger charge is 2.38. The van der Waals surface area contributed by atoms with E-state index in [1.165, 1.54) is 11.8 Å². The number of ether oxygens (including phenoxy) is 1. The minimum Gasteiger partial charge on any atom is -0.454 e. The Balaban J connectivity index is 1.73. The molecule has 0 unspecified atom stereocenters. The van der Waals surface area contributed by atoms with E-state index >= 15 is 0 Å². The number of nitrogens with zero attached hydrogens (tertiary/aromatic N) is 3. The van der Waals surface area contributed by atoms with Crippen LogP contribution in [-0.2, 0) is 22.0 Å². The molecule has 26 heavy (non-hydrogen) atoms. The van der Waals surface area contributed by atoms with Crippen LogP contribution in [0.4, 0.5) is 5.69 Å². The van der Waals surface area contributed by atoms with Gasteiger partial charge in [-0.25, -0.2) is 4.79 Å². The minimum absolute atomic E-state index is 0.248. The lowest BCUT2D eigenvalue weighted by atomic mass is 9.83. The first kappa shape index (κ1) is 17.9. The second kappa shape index (κ2) is 6.44. The average molecular weight is 353 g/mol. The van der Waals surface area contributed by atoms with Gasteiger partial charge < -0.3 is 9.64 Å². The number of likely N-dealkylation sites (N-methyl/N-ethyl adjacent to an activating group) is 1. The fourth-order valence-electron chi connectivity index (χ4n) is 3.37. The summed E-state index contributed by atoms with van der Waals surface area (Å²) in [5.74, 6) is -0.785. The van der Waals surface area contributed by atoms with Gasteiger partial charge in [-0.05, 0) is 18.6 Å². The Bertz CT molecular complexity index is 909. The van der Waals surface area contributed by atoms with Gasteiger partial charge >= 0.3 is 5.97 Å². The molecule has 2 heterocycles. The van der Waals surface area contributed by atoms with E-state index in [-0.39, 0.29) is 17.8 Å². The Kier molecular flexibility index (Phi) is 4.44. The van der Waals surface area contributed by atoms with Crippen LogP contribution < -0.4 is 4.90 Å². The number of esters is 1. The van der Waals surface area contributed by atoms with Crippen molar-refractivity contribution in [1.29, 1.82) is 0 Å². The van der Waals surface area contributed by atoms with Gasteiger partial charge in [-0.3, -0.25) is 9.48 Å². The van der Waals surface area contributed by atoms with Crippen molar-refractivity contribution in [2.24, 2.45) is 7.05 Å².